The van der Waals surface area contributed by atoms with Crippen molar-refractivity contribution in [3.05, 3.63) is 69.6 Å². The summed E-state index contributed by atoms with van der Waals surface area (Å²) in [6.45, 7) is 6.58. The molecular weight excluding hydrogens is 382 g/mol. The maximum Gasteiger partial charge on any atom is 0.263 e. The molecule has 2 heterocycles. The zero-order valence-corrected chi connectivity index (χ0v) is 17.8. The number of amides is 1. The highest BCUT2D eigenvalue weighted by atomic mass is 16.5. The van der Waals surface area contributed by atoms with E-state index in [9.17, 15) is 14.7 Å². The van der Waals surface area contributed by atoms with Crippen molar-refractivity contribution in [1.29, 1.82) is 0 Å². The highest BCUT2D eigenvalue weighted by Gasteiger charge is 2.21. The van der Waals surface area contributed by atoms with Gasteiger partial charge in [-0.1, -0.05) is 30.3 Å². The van der Waals surface area contributed by atoms with Crippen LogP contribution in [0.3, 0.4) is 0 Å². The van der Waals surface area contributed by atoms with Gasteiger partial charge in [-0.05, 0) is 30.5 Å². The largest absolute Gasteiger partial charge is 0.388 e. The lowest BCUT2D eigenvalue weighted by atomic mass is 10.1. The molecule has 0 spiro atoms. The van der Waals surface area contributed by atoms with E-state index in [1.165, 1.54) is 4.90 Å². The molecule has 0 bridgehead atoms. The summed E-state index contributed by atoms with van der Waals surface area (Å²) in [5.74, 6) is -0.307. The minimum atomic E-state index is -0.650. The van der Waals surface area contributed by atoms with E-state index in [0.717, 1.165) is 25.2 Å². The number of carbonyl (C=O) groups excluding carboxylic acids is 1. The van der Waals surface area contributed by atoms with Gasteiger partial charge in [0.25, 0.3) is 11.5 Å². The Bertz CT molecular complexity index is 891. The molecule has 2 aromatic rings. The van der Waals surface area contributed by atoms with Gasteiger partial charge >= 0.3 is 0 Å². The zero-order valence-electron chi connectivity index (χ0n) is 17.8. The van der Waals surface area contributed by atoms with Gasteiger partial charge in [0.15, 0.2) is 0 Å². The van der Waals surface area contributed by atoms with E-state index in [-0.39, 0.29) is 17.0 Å². The first-order valence-corrected chi connectivity index (χ1v) is 10.5. The van der Waals surface area contributed by atoms with Gasteiger partial charge in [-0.25, -0.2) is 0 Å². The topological polar surface area (TPSA) is 75.0 Å². The van der Waals surface area contributed by atoms with Crippen LogP contribution >= 0.6 is 0 Å². The van der Waals surface area contributed by atoms with E-state index in [4.69, 9.17) is 4.74 Å². The highest BCUT2D eigenvalue weighted by molar-refractivity contribution is 5.95. The maximum atomic E-state index is 13.0. The fourth-order valence-corrected chi connectivity index (χ4v) is 3.63. The summed E-state index contributed by atoms with van der Waals surface area (Å²) in [6.07, 6.45) is 1.51. The number of carbonyl (C=O) groups is 1. The van der Waals surface area contributed by atoms with Crippen molar-refractivity contribution >= 4 is 5.91 Å². The number of nitrogens with zero attached hydrogens (tertiary/aromatic N) is 3. The van der Waals surface area contributed by atoms with Crippen molar-refractivity contribution in [1.82, 2.24) is 14.4 Å². The molecule has 30 heavy (non-hydrogen) atoms. The Balaban J connectivity index is 1.64. The van der Waals surface area contributed by atoms with Gasteiger partial charge in [0.1, 0.15) is 5.56 Å². The van der Waals surface area contributed by atoms with Gasteiger partial charge in [-0.15, -0.1) is 0 Å². The normalized spacial score (nSPS) is 15.7. The van der Waals surface area contributed by atoms with Crippen LogP contribution in [-0.2, 0) is 11.3 Å². The number of rotatable bonds is 8. The smallest absolute Gasteiger partial charge is 0.263 e. The summed E-state index contributed by atoms with van der Waals surface area (Å²) in [5.41, 5.74) is 1.43. The van der Waals surface area contributed by atoms with E-state index in [2.05, 4.69) is 4.90 Å². The Morgan fingerprint density at radius 3 is 2.57 bits per heavy atom. The van der Waals surface area contributed by atoms with Crippen molar-refractivity contribution in [2.24, 2.45) is 0 Å². The summed E-state index contributed by atoms with van der Waals surface area (Å²) >= 11 is 0. The molecule has 1 aromatic heterocycles. The first kappa shape index (κ1) is 22.2. The maximum absolute atomic E-state index is 13.0. The predicted molar refractivity (Wildman–Crippen MR) is 116 cm³/mol. The molecule has 7 nitrogen and oxygen atoms in total. The first-order chi connectivity index (χ1) is 14.5. The molecule has 1 aliphatic rings. The summed E-state index contributed by atoms with van der Waals surface area (Å²) < 4.78 is 6.97. The Hall–Kier alpha value is -2.48. The van der Waals surface area contributed by atoms with Gasteiger partial charge in [0, 0.05) is 46.0 Å². The lowest BCUT2D eigenvalue weighted by Gasteiger charge is -2.27. The van der Waals surface area contributed by atoms with Crippen LogP contribution in [-0.4, -0.2) is 71.8 Å². The second kappa shape index (κ2) is 10.5. The third-order valence-electron chi connectivity index (χ3n) is 5.62. The molecule has 0 saturated carbocycles. The molecule has 1 fully saturated rings. The van der Waals surface area contributed by atoms with Crippen molar-refractivity contribution in [2.45, 2.75) is 26.0 Å². The molecule has 3 rings (SSSR count). The molecule has 1 aromatic carbocycles. The Kier molecular flexibility index (Phi) is 7.79. The Labute approximate surface area is 177 Å². The third kappa shape index (κ3) is 5.56. The molecule has 0 radical (unpaired) electrons. The number of ether oxygens (including phenoxy) is 1. The summed E-state index contributed by atoms with van der Waals surface area (Å²) in [6, 6.07) is 11.2. The SMILES string of the molecule is Cc1ccn(CCN2CCOCC2)c(=O)c1C(=O)N(C)CCC(O)c1ccccc1. The standard InChI is InChI=1S/C23H31N3O4/c1-18-8-11-26(13-12-25-14-16-30-17-15-25)23(29)21(18)22(28)24(2)10-9-20(27)19-6-4-3-5-7-19/h3-8,11,20,27H,9-10,12-17H2,1-2H3. The fourth-order valence-electron chi connectivity index (χ4n) is 3.63. The summed E-state index contributed by atoms with van der Waals surface area (Å²) in [5, 5.41) is 10.4. The number of hydrogen-bond donors (Lipinski definition) is 1. The number of aryl methyl sites for hydroxylation is 1. The minimum absolute atomic E-state index is 0.205. The molecule has 1 unspecified atom stereocenters. The van der Waals surface area contributed by atoms with Crippen LogP contribution in [0, 0.1) is 6.92 Å². The van der Waals surface area contributed by atoms with Crippen LogP contribution < -0.4 is 5.56 Å². The first-order valence-electron chi connectivity index (χ1n) is 10.5. The van der Waals surface area contributed by atoms with Gasteiger partial charge in [-0.2, -0.15) is 0 Å². The number of pyridine rings is 1. The Morgan fingerprint density at radius 1 is 1.17 bits per heavy atom. The van der Waals surface area contributed by atoms with Gasteiger partial charge in [0.05, 0.1) is 19.3 Å². The molecule has 7 heteroatoms. The fraction of sp³-hybridized carbons (Fsp3) is 0.478. The Morgan fingerprint density at radius 2 is 1.87 bits per heavy atom. The third-order valence-corrected chi connectivity index (χ3v) is 5.62. The number of benzene rings is 1. The molecule has 0 aliphatic carbocycles. The van der Waals surface area contributed by atoms with E-state index < -0.39 is 6.10 Å². The molecule has 1 amide bonds. The summed E-state index contributed by atoms with van der Waals surface area (Å²) in [4.78, 5) is 29.8. The van der Waals surface area contributed by atoms with Crippen molar-refractivity contribution in [3.63, 3.8) is 0 Å². The van der Waals surface area contributed by atoms with E-state index >= 15 is 0 Å². The van der Waals surface area contributed by atoms with Crippen molar-refractivity contribution < 1.29 is 14.6 Å². The highest BCUT2D eigenvalue weighted by Crippen LogP contribution is 2.16. The second-order valence-corrected chi connectivity index (χ2v) is 7.77. The summed E-state index contributed by atoms with van der Waals surface area (Å²) in [7, 11) is 1.67. The second-order valence-electron chi connectivity index (χ2n) is 7.77. The van der Waals surface area contributed by atoms with Crippen LogP contribution in [0.1, 0.15) is 34.0 Å². The van der Waals surface area contributed by atoms with Crippen LogP contribution in [0.2, 0.25) is 0 Å². The van der Waals surface area contributed by atoms with Gasteiger partial charge in [-0.3, -0.25) is 14.5 Å². The van der Waals surface area contributed by atoms with Crippen LogP contribution in [0.4, 0.5) is 0 Å². The molecule has 1 N–H and O–H groups in total. The molecule has 1 atom stereocenters. The lowest BCUT2D eigenvalue weighted by molar-refractivity contribution is 0.0362. The quantitative estimate of drug-likeness (QED) is 0.713. The number of hydrogen-bond acceptors (Lipinski definition) is 5. The molecular formula is C23H31N3O4. The molecule has 1 aliphatic heterocycles. The minimum Gasteiger partial charge on any atom is -0.388 e. The average Bonchev–Trinajstić information content (AvgIpc) is 2.78. The monoisotopic (exact) mass is 413 g/mol. The number of morpholine rings is 1. The van der Waals surface area contributed by atoms with Gasteiger partial charge < -0.3 is 19.3 Å². The van der Waals surface area contributed by atoms with Crippen molar-refractivity contribution in [3.8, 4) is 0 Å². The van der Waals surface area contributed by atoms with Crippen LogP contribution in [0.15, 0.2) is 47.4 Å². The molecule has 162 valence electrons. The van der Waals surface area contributed by atoms with E-state index in [0.29, 0.717) is 38.3 Å². The van der Waals surface area contributed by atoms with E-state index in [1.807, 2.05) is 36.4 Å². The number of aliphatic hydroxyl groups excluding tert-OH is 1. The predicted octanol–water partition coefficient (Wildman–Crippen LogP) is 1.68. The van der Waals surface area contributed by atoms with E-state index in [1.54, 1.807) is 24.7 Å². The zero-order chi connectivity index (χ0) is 21.5. The van der Waals surface area contributed by atoms with Crippen LogP contribution in [0.5, 0.6) is 0 Å². The van der Waals surface area contributed by atoms with Crippen LogP contribution in [0.25, 0.3) is 0 Å². The lowest BCUT2D eigenvalue weighted by Crippen LogP contribution is -2.40. The molecule has 1 saturated heterocycles. The average molecular weight is 414 g/mol. The number of aliphatic hydroxyl groups is 1. The number of aromatic nitrogens is 1. The van der Waals surface area contributed by atoms with Crippen molar-refractivity contribution in [2.75, 3.05) is 46.4 Å². The van der Waals surface area contributed by atoms with Gasteiger partial charge in [0.2, 0.25) is 0 Å².